The minimum Gasteiger partial charge on any atom is -0.352 e. The van der Waals surface area contributed by atoms with Crippen LogP contribution in [0.1, 0.15) is 55.5 Å². The lowest BCUT2D eigenvalue weighted by Gasteiger charge is -2.15. The van der Waals surface area contributed by atoms with E-state index < -0.39 is 5.69 Å². The molecule has 0 saturated carbocycles. The minimum atomic E-state index is -0.461. The first kappa shape index (κ1) is 22.5. The molecular weight excluding hydrogens is 390 g/mol. The molecule has 164 valence electrons. The Labute approximate surface area is 182 Å². The van der Waals surface area contributed by atoms with Gasteiger partial charge in [0.15, 0.2) is 0 Å². The highest BCUT2D eigenvalue weighted by molar-refractivity contribution is 5.97. The van der Waals surface area contributed by atoms with Crippen molar-refractivity contribution in [2.75, 3.05) is 6.54 Å². The topological polar surface area (TPSA) is 84.0 Å². The van der Waals surface area contributed by atoms with Gasteiger partial charge in [0.25, 0.3) is 11.5 Å². The van der Waals surface area contributed by atoms with Gasteiger partial charge in [-0.2, -0.15) is 0 Å². The first-order valence-electron chi connectivity index (χ1n) is 11.1. The van der Waals surface area contributed by atoms with Crippen molar-refractivity contribution in [2.45, 2.75) is 52.5 Å². The van der Waals surface area contributed by atoms with E-state index in [0.29, 0.717) is 41.9 Å². The minimum absolute atomic E-state index is 0.189. The first-order valence-corrected chi connectivity index (χ1v) is 11.1. The summed E-state index contributed by atoms with van der Waals surface area (Å²) in [6, 6.07) is 14.6. The molecule has 1 amide bonds. The molecule has 3 rings (SSSR count). The smallest absolute Gasteiger partial charge is 0.328 e. The van der Waals surface area contributed by atoms with Gasteiger partial charge in [0.1, 0.15) is 0 Å². The SMILES string of the molecule is CCCC[C@@H](CC)CNC(=O)c1ccc2c(=O)n(CCc3ccccc3)c(=O)[nH]c2c1. The third-order valence-corrected chi connectivity index (χ3v) is 5.81. The second-order valence-corrected chi connectivity index (χ2v) is 8.01. The standard InChI is InChI=1S/C25H31N3O3/c1-3-5-9-18(4-2)17-26-23(29)20-12-13-21-22(16-20)27-25(31)28(24(21)30)15-14-19-10-7-6-8-11-19/h6-8,10-13,16,18H,3-5,9,14-15,17H2,1-2H3,(H,26,29)(H,27,31)/t18-/m1/s1. The van der Waals surface area contributed by atoms with E-state index in [1.807, 2.05) is 30.3 Å². The number of carbonyl (C=O) groups excluding carboxylic acids is 1. The molecule has 1 aromatic heterocycles. The van der Waals surface area contributed by atoms with Crippen molar-refractivity contribution in [2.24, 2.45) is 5.92 Å². The summed E-state index contributed by atoms with van der Waals surface area (Å²) in [4.78, 5) is 40.7. The maximum atomic E-state index is 12.8. The van der Waals surface area contributed by atoms with Gasteiger partial charge in [-0.25, -0.2) is 4.79 Å². The molecule has 0 radical (unpaired) electrons. The highest BCUT2D eigenvalue weighted by Gasteiger charge is 2.13. The number of nitrogens with one attached hydrogen (secondary N) is 2. The van der Waals surface area contributed by atoms with Crippen LogP contribution in [0.3, 0.4) is 0 Å². The fourth-order valence-electron chi connectivity index (χ4n) is 3.77. The Balaban J connectivity index is 1.76. The number of H-pyrrole nitrogens is 1. The molecule has 0 aliphatic heterocycles. The fraction of sp³-hybridized carbons (Fsp3) is 0.400. The van der Waals surface area contributed by atoms with Crippen LogP contribution < -0.4 is 16.6 Å². The number of hydrogen-bond acceptors (Lipinski definition) is 3. The summed E-state index contributed by atoms with van der Waals surface area (Å²) in [5.41, 5.74) is 1.08. The lowest BCUT2D eigenvalue weighted by atomic mass is 9.99. The molecule has 0 bridgehead atoms. The molecule has 2 N–H and O–H groups in total. The first-order chi connectivity index (χ1) is 15.0. The van der Waals surface area contributed by atoms with Gasteiger partial charge < -0.3 is 10.3 Å². The van der Waals surface area contributed by atoms with Crippen molar-refractivity contribution in [3.63, 3.8) is 0 Å². The zero-order valence-electron chi connectivity index (χ0n) is 18.3. The maximum Gasteiger partial charge on any atom is 0.328 e. The monoisotopic (exact) mass is 421 g/mol. The summed E-state index contributed by atoms with van der Waals surface area (Å²) < 4.78 is 1.22. The number of carbonyl (C=O) groups is 1. The highest BCUT2D eigenvalue weighted by atomic mass is 16.2. The second kappa shape index (κ2) is 10.8. The molecule has 0 aliphatic rings. The molecule has 0 spiro atoms. The Morgan fingerprint density at radius 1 is 1.10 bits per heavy atom. The van der Waals surface area contributed by atoms with Crippen LogP contribution >= 0.6 is 0 Å². The van der Waals surface area contributed by atoms with Gasteiger partial charge in [-0.1, -0.05) is 63.4 Å². The van der Waals surface area contributed by atoms with Gasteiger partial charge >= 0.3 is 5.69 Å². The van der Waals surface area contributed by atoms with Crippen molar-refractivity contribution in [1.29, 1.82) is 0 Å². The number of hydrogen-bond donors (Lipinski definition) is 2. The van der Waals surface area contributed by atoms with E-state index in [4.69, 9.17) is 0 Å². The Kier molecular flexibility index (Phi) is 7.82. The van der Waals surface area contributed by atoms with E-state index in [1.54, 1.807) is 18.2 Å². The van der Waals surface area contributed by atoms with Crippen LogP contribution in [-0.2, 0) is 13.0 Å². The van der Waals surface area contributed by atoms with Crippen LogP contribution in [0.4, 0.5) is 0 Å². The predicted octanol–water partition coefficient (Wildman–Crippen LogP) is 3.88. The molecule has 0 aliphatic carbocycles. The van der Waals surface area contributed by atoms with E-state index in [1.165, 1.54) is 4.57 Å². The largest absolute Gasteiger partial charge is 0.352 e. The molecule has 6 heteroatoms. The average molecular weight is 422 g/mol. The van der Waals surface area contributed by atoms with Gasteiger partial charge in [0.05, 0.1) is 10.9 Å². The summed E-state index contributed by atoms with van der Waals surface area (Å²) in [5, 5.41) is 3.39. The fourth-order valence-corrected chi connectivity index (χ4v) is 3.77. The van der Waals surface area contributed by atoms with Gasteiger partial charge in [-0.3, -0.25) is 14.2 Å². The molecule has 1 atom stereocenters. The van der Waals surface area contributed by atoms with E-state index in [2.05, 4.69) is 24.1 Å². The van der Waals surface area contributed by atoms with E-state index in [9.17, 15) is 14.4 Å². The summed E-state index contributed by atoms with van der Waals surface area (Å²) >= 11 is 0. The number of nitrogens with zero attached hydrogens (tertiary/aromatic N) is 1. The molecule has 0 fully saturated rings. The van der Waals surface area contributed by atoms with Crippen LogP contribution in [0.25, 0.3) is 10.9 Å². The van der Waals surface area contributed by atoms with Crippen LogP contribution in [0.2, 0.25) is 0 Å². The quantitative estimate of drug-likeness (QED) is 0.521. The summed E-state index contributed by atoms with van der Waals surface area (Å²) in [7, 11) is 0. The number of amides is 1. The number of aryl methyl sites for hydroxylation is 1. The van der Waals surface area contributed by atoms with E-state index in [-0.39, 0.29) is 11.5 Å². The summed E-state index contributed by atoms with van der Waals surface area (Å²) in [5.74, 6) is 0.270. The third-order valence-electron chi connectivity index (χ3n) is 5.81. The van der Waals surface area contributed by atoms with E-state index in [0.717, 1.165) is 31.2 Å². The highest BCUT2D eigenvalue weighted by Crippen LogP contribution is 2.13. The maximum absolute atomic E-state index is 12.8. The summed E-state index contributed by atoms with van der Waals surface area (Å²) in [6.07, 6.45) is 5.01. The Bertz CT molecular complexity index is 1130. The molecule has 2 aromatic carbocycles. The van der Waals surface area contributed by atoms with Crippen LogP contribution in [0.15, 0.2) is 58.1 Å². The molecule has 0 saturated heterocycles. The number of aromatic amines is 1. The summed E-state index contributed by atoms with van der Waals surface area (Å²) in [6.45, 7) is 5.23. The van der Waals surface area contributed by atoms with Crippen LogP contribution in [0, 0.1) is 5.92 Å². The average Bonchev–Trinajstić information content (AvgIpc) is 2.79. The molecule has 6 nitrogen and oxygen atoms in total. The van der Waals surface area contributed by atoms with Crippen LogP contribution in [0.5, 0.6) is 0 Å². The number of unbranched alkanes of at least 4 members (excludes halogenated alkanes) is 1. The number of fused-ring (bicyclic) bond motifs is 1. The Morgan fingerprint density at radius 3 is 2.58 bits per heavy atom. The van der Waals surface area contributed by atoms with E-state index >= 15 is 0 Å². The number of rotatable bonds is 10. The molecule has 0 unspecified atom stereocenters. The number of aromatic nitrogens is 2. The zero-order chi connectivity index (χ0) is 22.2. The third kappa shape index (κ3) is 5.72. The molecular formula is C25H31N3O3. The van der Waals surface area contributed by atoms with Crippen molar-refractivity contribution >= 4 is 16.8 Å². The number of benzene rings is 2. The lowest BCUT2D eigenvalue weighted by molar-refractivity contribution is 0.0946. The van der Waals surface area contributed by atoms with Gasteiger partial charge in [0.2, 0.25) is 0 Å². The lowest BCUT2D eigenvalue weighted by Crippen LogP contribution is -2.35. The van der Waals surface area contributed by atoms with Crippen molar-refractivity contribution in [3.8, 4) is 0 Å². The van der Waals surface area contributed by atoms with Gasteiger partial charge in [0, 0.05) is 18.7 Å². The van der Waals surface area contributed by atoms with Gasteiger partial charge in [-0.15, -0.1) is 0 Å². The Morgan fingerprint density at radius 2 is 1.87 bits per heavy atom. The van der Waals surface area contributed by atoms with Crippen molar-refractivity contribution < 1.29 is 4.79 Å². The van der Waals surface area contributed by atoms with Crippen molar-refractivity contribution in [1.82, 2.24) is 14.9 Å². The molecule has 1 heterocycles. The zero-order valence-corrected chi connectivity index (χ0v) is 18.3. The normalized spacial score (nSPS) is 12.1. The molecule has 3 aromatic rings. The molecule has 31 heavy (non-hydrogen) atoms. The van der Waals surface area contributed by atoms with Crippen molar-refractivity contribution in [3.05, 3.63) is 80.5 Å². The van der Waals surface area contributed by atoms with Crippen LogP contribution in [-0.4, -0.2) is 22.0 Å². The Hall–Kier alpha value is -3.15. The van der Waals surface area contributed by atoms with Gasteiger partial charge in [-0.05, 0) is 42.5 Å². The second-order valence-electron chi connectivity index (χ2n) is 8.01. The predicted molar refractivity (Wildman–Crippen MR) is 125 cm³/mol.